The summed E-state index contributed by atoms with van der Waals surface area (Å²) in [6.07, 6.45) is 0. The van der Waals surface area contributed by atoms with Gasteiger partial charge in [-0.1, -0.05) is 200 Å². The van der Waals surface area contributed by atoms with E-state index in [1.165, 1.54) is 66.1 Å². The summed E-state index contributed by atoms with van der Waals surface area (Å²) in [7, 11) is 0. The Bertz CT molecular complexity index is 3850. The molecule has 0 saturated heterocycles. The molecule has 65 heavy (non-hydrogen) atoms. The lowest BCUT2D eigenvalue weighted by Gasteiger charge is -2.35. The second-order valence-electron chi connectivity index (χ2n) is 17.4. The highest BCUT2D eigenvalue weighted by atomic mass is 16.3. The van der Waals surface area contributed by atoms with Crippen molar-refractivity contribution < 1.29 is 8.83 Å². The first-order valence-electron chi connectivity index (χ1n) is 22.4. The van der Waals surface area contributed by atoms with Crippen molar-refractivity contribution in [2.75, 3.05) is 0 Å². The van der Waals surface area contributed by atoms with Gasteiger partial charge >= 0.3 is 0 Å². The Morgan fingerprint density at radius 1 is 0.262 bits per heavy atom. The Morgan fingerprint density at radius 3 is 1.25 bits per heavy atom. The number of para-hydroxylation sites is 2. The quantitative estimate of drug-likeness (QED) is 0.162. The molecule has 13 aromatic rings. The number of fused-ring (bicyclic) bond motifs is 11. The van der Waals surface area contributed by atoms with Gasteiger partial charge in [0.05, 0.1) is 5.41 Å². The van der Waals surface area contributed by atoms with Crippen LogP contribution in [0.3, 0.4) is 0 Å². The van der Waals surface area contributed by atoms with Crippen LogP contribution in [0.5, 0.6) is 0 Å². The summed E-state index contributed by atoms with van der Waals surface area (Å²) in [6.45, 7) is 0. The molecule has 11 aromatic carbocycles. The normalized spacial score (nSPS) is 13.0. The van der Waals surface area contributed by atoms with Gasteiger partial charge in [0, 0.05) is 21.5 Å². The molecule has 0 N–H and O–H groups in total. The summed E-state index contributed by atoms with van der Waals surface area (Å²) in [5.41, 5.74) is 17.6. The average molecular weight is 827 g/mol. The van der Waals surface area contributed by atoms with E-state index >= 15 is 0 Å². The molecule has 0 amide bonds. The van der Waals surface area contributed by atoms with E-state index in [0.29, 0.717) is 0 Å². The Hall–Kier alpha value is -8.46. The predicted molar refractivity (Wildman–Crippen MR) is 270 cm³/mol. The molecule has 2 aromatic heterocycles. The Morgan fingerprint density at radius 2 is 0.662 bits per heavy atom. The molecule has 0 fully saturated rings. The highest BCUT2D eigenvalue weighted by molar-refractivity contribution is 6.24. The van der Waals surface area contributed by atoms with Crippen molar-refractivity contribution in [3.8, 4) is 44.5 Å². The predicted octanol–water partition coefficient (Wildman–Crippen LogP) is 17.2. The fourth-order valence-electron chi connectivity index (χ4n) is 11.6. The van der Waals surface area contributed by atoms with Crippen LogP contribution in [0.2, 0.25) is 0 Å². The van der Waals surface area contributed by atoms with Gasteiger partial charge in [0.25, 0.3) is 0 Å². The van der Waals surface area contributed by atoms with Gasteiger partial charge < -0.3 is 8.83 Å². The molecule has 0 aliphatic heterocycles. The molecule has 1 aliphatic carbocycles. The van der Waals surface area contributed by atoms with Gasteiger partial charge in [-0.05, 0) is 119 Å². The number of benzene rings is 11. The van der Waals surface area contributed by atoms with Crippen molar-refractivity contribution in [2.45, 2.75) is 5.41 Å². The highest BCUT2D eigenvalue weighted by Crippen LogP contribution is 2.60. The molecule has 2 heteroatoms. The largest absolute Gasteiger partial charge is 0.456 e. The topological polar surface area (TPSA) is 26.3 Å². The van der Waals surface area contributed by atoms with Crippen molar-refractivity contribution in [3.63, 3.8) is 0 Å². The van der Waals surface area contributed by atoms with Crippen LogP contribution < -0.4 is 0 Å². The van der Waals surface area contributed by atoms with Gasteiger partial charge in [-0.2, -0.15) is 0 Å². The van der Waals surface area contributed by atoms with E-state index in [1.807, 2.05) is 12.1 Å². The molecular formula is C63H38O2. The van der Waals surface area contributed by atoms with E-state index in [9.17, 15) is 0 Å². The third-order valence-corrected chi connectivity index (χ3v) is 14.2. The minimum absolute atomic E-state index is 0.600. The molecule has 14 rings (SSSR count). The van der Waals surface area contributed by atoms with E-state index in [4.69, 9.17) is 8.83 Å². The van der Waals surface area contributed by atoms with Crippen LogP contribution in [0, 0.1) is 0 Å². The fraction of sp³-hybridized carbons (Fsp3) is 0.0159. The van der Waals surface area contributed by atoms with Crippen LogP contribution in [0.4, 0.5) is 0 Å². The third kappa shape index (κ3) is 4.99. The lowest BCUT2D eigenvalue weighted by molar-refractivity contribution is 0.668. The van der Waals surface area contributed by atoms with E-state index in [2.05, 4.69) is 218 Å². The summed E-state index contributed by atoms with van der Waals surface area (Å²) in [5, 5.41) is 9.25. The highest BCUT2D eigenvalue weighted by Gasteiger charge is 2.47. The smallest absolute Gasteiger partial charge is 0.136 e. The summed E-state index contributed by atoms with van der Waals surface area (Å²) >= 11 is 0. The lowest BCUT2D eigenvalue weighted by atomic mass is 9.65. The van der Waals surface area contributed by atoms with Crippen LogP contribution in [-0.2, 0) is 5.41 Å². The maximum absolute atomic E-state index is 6.51. The molecular weight excluding hydrogens is 789 g/mol. The number of hydrogen-bond donors (Lipinski definition) is 0. The zero-order chi connectivity index (χ0) is 42.6. The van der Waals surface area contributed by atoms with E-state index in [1.54, 1.807) is 0 Å². The molecule has 1 aliphatic rings. The second-order valence-corrected chi connectivity index (χ2v) is 17.4. The average Bonchev–Trinajstić information content (AvgIpc) is 4.05. The molecule has 0 saturated carbocycles. The van der Waals surface area contributed by atoms with Gasteiger partial charge in [-0.3, -0.25) is 0 Å². The molecule has 0 atom stereocenters. The van der Waals surface area contributed by atoms with Crippen LogP contribution in [-0.4, -0.2) is 0 Å². The van der Waals surface area contributed by atoms with Gasteiger partial charge in [0.1, 0.15) is 22.3 Å². The summed E-state index contributed by atoms with van der Waals surface area (Å²) in [6, 6.07) is 84.4. The Kier molecular flexibility index (Phi) is 7.64. The SMILES string of the molecule is c1ccc(C2(c3ccccc3)c3ccccc3-c3cccc(-c4c5cccc(-c6cccc7oc8ccccc8c67)c5cc5c(-c6cccc7oc8ccccc8c67)cccc45)c32)cc1. The first-order chi connectivity index (χ1) is 32.3. The number of furan rings is 2. The Labute approximate surface area is 375 Å². The van der Waals surface area contributed by atoms with Crippen molar-refractivity contribution in [1.82, 2.24) is 0 Å². The van der Waals surface area contributed by atoms with Gasteiger partial charge in [-0.25, -0.2) is 0 Å². The van der Waals surface area contributed by atoms with Crippen molar-refractivity contribution in [3.05, 3.63) is 253 Å². The van der Waals surface area contributed by atoms with Crippen LogP contribution in [0.15, 0.2) is 239 Å². The van der Waals surface area contributed by atoms with E-state index in [0.717, 1.165) is 66.1 Å². The minimum Gasteiger partial charge on any atom is -0.456 e. The third-order valence-electron chi connectivity index (χ3n) is 14.2. The zero-order valence-electron chi connectivity index (χ0n) is 35.3. The zero-order valence-corrected chi connectivity index (χ0v) is 35.3. The fourth-order valence-corrected chi connectivity index (χ4v) is 11.6. The standard InChI is InChI=1S/C63H38O2/c1-3-18-39(19-4-1)63(40-20-5-2-6-21-40)54-33-10-7-22-43(54)48-31-15-32-51(62(48)63)59-46-27-13-25-41(44-29-16-36-57-60(44)49-23-8-11-34-55(49)64-57)52(46)38-53-42(26-14-28-47(53)59)45-30-17-37-58-61(45)50-24-9-12-35-56(50)65-58/h1-38H. The first kappa shape index (κ1) is 36.1. The number of hydrogen-bond acceptors (Lipinski definition) is 2. The second kappa shape index (κ2) is 13.8. The molecule has 0 bridgehead atoms. The molecule has 2 heterocycles. The minimum atomic E-state index is -0.600. The van der Waals surface area contributed by atoms with Gasteiger partial charge in [-0.15, -0.1) is 0 Å². The van der Waals surface area contributed by atoms with E-state index < -0.39 is 5.41 Å². The molecule has 0 radical (unpaired) electrons. The van der Waals surface area contributed by atoms with Crippen LogP contribution in [0.1, 0.15) is 22.3 Å². The maximum atomic E-state index is 6.51. The number of rotatable bonds is 5. The van der Waals surface area contributed by atoms with Crippen molar-refractivity contribution in [2.24, 2.45) is 0 Å². The van der Waals surface area contributed by atoms with Gasteiger partial charge in [0.15, 0.2) is 0 Å². The van der Waals surface area contributed by atoms with Crippen LogP contribution >= 0.6 is 0 Å². The molecule has 0 unspecified atom stereocenters. The van der Waals surface area contributed by atoms with Crippen LogP contribution in [0.25, 0.3) is 110 Å². The molecule has 2 nitrogen and oxygen atoms in total. The van der Waals surface area contributed by atoms with Gasteiger partial charge in [0.2, 0.25) is 0 Å². The monoisotopic (exact) mass is 826 g/mol. The molecule has 302 valence electrons. The maximum Gasteiger partial charge on any atom is 0.136 e. The lowest BCUT2D eigenvalue weighted by Crippen LogP contribution is -2.29. The van der Waals surface area contributed by atoms with Crippen molar-refractivity contribution in [1.29, 1.82) is 0 Å². The van der Waals surface area contributed by atoms with Crippen molar-refractivity contribution >= 4 is 65.4 Å². The molecule has 0 spiro atoms. The Balaban J connectivity index is 1.17. The summed E-state index contributed by atoms with van der Waals surface area (Å²) in [4.78, 5) is 0. The van der Waals surface area contributed by atoms with E-state index in [-0.39, 0.29) is 0 Å². The first-order valence-corrected chi connectivity index (χ1v) is 22.4. The summed E-state index contributed by atoms with van der Waals surface area (Å²) in [5.74, 6) is 0. The summed E-state index contributed by atoms with van der Waals surface area (Å²) < 4.78 is 13.0.